The number of rotatable bonds is 5. The number of nitrogens with one attached hydrogen (secondary N) is 3. The molecule has 1 aliphatic carbocycles. The monoisotopic (exact) mass is 466 g/mol. The summed E-state index contributed by atoms with van der Waals surface area (Å²) in [6.07, 6.45) is 11.5. The van der Waals surface area contributed by atoms with Crippen LogP contribution in [0, 0.1) is 11.3 Å². The van der Waals surface area contributed by atoms with Crippen molar-refractivity contribution in [3.05, 3.63) is 0 Å². The van der Waals surface area contributed by atoms with Gasteiger partial charge >= 0.3 is 0 Å². The number of carbonyl (C=O) groups excluding carboxylic acids is 1. The fourth-order valence-electron chi connectivity index (χ4n) is 7.08. The number of hydrogen-bond acceptors (Lipinski definition) is 6. The number of hydrogen-bond donors (Lipinski definition) is 5. The van der Waals surface area contributed by atoms with Gasteiger partial charge in [-0.15, -0.1) is 0 Å². The van der Waals surface area contributed by atoms with E-state index in [9.17, 15) is 9.18 Å². The molecule has 0 radical (unpaired) electrons. The van der Waals surface area contributed by atoms with E-state index < -0.39 is 18.3 Å². The number of carbonyl (C=O) groups is 1. The van der Waals surface area contributed by atoms with Crippen molar-refractivity contribution in [2.24, 2.45) is 22.8 Å². The van der Waals surface area contributed by atoms with Gasteiger partial charge in [0.05, 0.1) is 18.1 Å². The van der Waals surface area contributed by atoms with Crippen LogP contribution in [0.2, 0.25) is 0 Å². The molecule has 4 aliphatic rings. The third-order valence-corrected chi connectivity index (χ3v) is 8.94. The Hall–Kier alpha value is -0.800. The van der Waals surface area contributed by atoms with E-state index in [1.165, 1.54) is 38.5 Å². The smallest absolute Gasteiger partial charge is 0.227 e. The zero-order valence-electron chi connectivity index (χ0n) is 20.4. The number of nitrogens with two attached hydrogens (primary N) is 2. The van der Waals surface area contributed by atoms with Crippen LogP contribution in [0.1, 0.15) is 77.0 Å². The van der Waals surface area contributed by atoms with E-state index in [1.807, 2.05) is 0 Å². The quantitative estimate of drug-likeness (QED) is 0.394. The molecule has 7 nitrogen and oxygen atoms in total. The lowest BCUT2D eigenvalue weighted by atomic mass is 9.72. The highest BCUT2D eigenvalue weighted by Crippen LogP contribution is 2.47. The summed E-state index contributed by atoms with van der Waals surface area (Å²) in [5, 5.41) is 10.2. The van der Waals surface area contributed by atoms with Gasteiger partial charge in [0.25, 0.3) is 0 Å². The van der Waals surface area contributed by atoms with E-state index in [-0.39, 0.29) is 30.0 Å². The summed E-state index contributed by atoms with van der Waals surface area (Å²) in [6, 6.07) is 0.216. The fourth-order valence-corrected chi connectivity index (χ4v) is 7.08. The molecule has 33 heavy (non-hydrogen) atoms. The molecule has 0 aromatic rings. The number of nitrogens with zero attached hydrogens (tertiary/aromatic N) is 1. The number of likely N-dealkylation sites (tertiary alicyclic amines) is 1. The van der Waals surface area contributed by atoms with Gasteiger partial charge in [-0.25, -0.2) is 4.39 Å². The lowest BCUT2D eigenvalue weighted by Crippen LogP contribution is -2.64. The average molecular weight is 467 g/mol. The first-order valence-electron chi connectivity index (χ1n) is 13.6. The molecular weight excluding hydrogens is 419 g/mol. The molecule has 3 heterocycles. The number of piperidine rings is 1. The van der Waals surface area contributed by atoms with Gasteiger partial charge in [-0.3, -0.25) is 9.69 Å². The first-order valence-corrected chi connectivity index (χ1v) is 13.6. The first-order chi connectivity index (χ1) is 16.0. The van der Waals surface area contributed by atoms with Gasteiger partial charge in [-0.05, 0) is 76.4 Å². The second-order valence-corrected chi connectivity index (χ2v) is 11.3. The van der Waals surface area contributed by atoms with Crippen molar-refractivity contribution < 1.29 is 9.18 Å². The zero-order valence-corrected chi connectivity index (χ0v) is 20.4. The van der Waals surface area contributed by atoms with Crippen LogP contribution in [0.5, 0.6) is 0 Å². The molecule has 0 aromatic heterocycles. The molecule has 4 rings (SSSR count). The molecule has 1 saturated carbocycles. The molecular formula is C25H47FN6O. The first kappa shape index (κ1) is 25.3. The van der Waals surface area contributed by atoms with Gasteiger partial charge < -0.3 is 27.4 Å². The average Bonchev–Trinajstić information content (AvgIpc) is 3.08. The van der Waals surface area contributed by atoms with Crippen molar-refractivity contribution in [2.75, 3.05) is 32.7 Å². The minimum atomic E-state index is -0.877. The summed E-state index contributed by atoms with van der Waals surface area (Å²) in [5.41, 5.74) is 12.6. The van der Waals surface area contributed by atoms with Gasteiger partial charge in [-0.2, -0.15) is 0 Å². The molecule has 3 aliphatic heterocycles. The van der Waals surface area contributed by atoms with Crippen LogP contribution in [-0.4, -0.2) is 74.0 Å². The van der Waals surface area contributed by atoms with Gasteiger partial charge in [0, 0.05) is 25.2 Å². The molecule has 1 amide bonds. The summed E-state index contributed by atoms with van der Waals surface area (Å²) < 4.78 is 14.5. The molecule has 1 spiro atoms. The van der Waals surface area contributed by atoms with E-state index in [4.69, 9.17) is 11.5 Å². The Morgan fingerprint density at radius 1 is 1.00 bits per heavy atom. The number of halogens is 1. The minimum absolute atomic E-state index is 0.0496. The van der Waals surface area contributed by atoms with Crippen LogP contribution < -0.4 is 27.4 Å². The van der Waals surface area contributed by atoms with Gasteiger partial charge in [0.15, 0.2) is 0 Å². The van der Waals surface area contributed by atoms with Crippen molar-refractivity contribution in [3.63, 3.8) is 0 Å². The normalized spacial score (nSPS) is 35.0. The van der Waals surface area contributed by atoms with E-state index in [1.54, 1.807) is 0 Å². The molecule has 3 saturated heterocycles. The highest BCUT2D eigenvalue weighted by Gasteiger charge is 2.43. The van der Waals surface area contributed by atoms with Crippen LogP contribution in [-0.2, 0) is 4.79 Å². The molecule has 5 unspecified atom stereocenters. The predicted octanol–water partition coefficient (Wildman–Crippen LogP) is 1.61. The van der Waals surface area contributed by atoms with Gasteiger partial charge in [-0.1, -0.05) is 25.7 Å². The molecule has 0 bridgehead atoms. The van der Waals surface area contributed by atoms with E-state index in [2.05, 4.69) is 20.9 Å². The summed E-state index contributed by atoms with van der Waals surface area (Å²) >= 11 is 0. The van der Waals surface area contributed by atoms with Crippen molar-refractivity contribution in [1.82, 2.24) is 20.9 Å². The Bertz CT molecular complexity index is 620. The third-order valence-electron chi connectivity index (χ3n) is 8.94. The Morgan fingerprint density at radius 3 is 2.42 bits per heavy atom. The van der Waals surface area contributed by atoms with Crippen molar-refractivity contribution in [2.45, 2.75) is 108 Å². The number of amides is 1. The zero-order chi connectivity index (χ0) is 23.3. The summed E-state index contributed by atoms with van der Waals surface area (Å²) in [7, 11) is 0. The molecule has 190 valence electrons. The molecule has 0 aromatic carbocycles. The van der Waals surface area contributed by atoms with Crippen molar-refractivity contribution >= 4 is 5.91 Å². The second-order valence-electron chi connectivity index (χ2n) is 11.3. The highest BCUT2D eigenvalue weighted by molar-refractivity contribution is 5.80. The Balaban J connectivity index is 1.47. The Morgan fingerprint density at radius 2 is 1.73 bits per heavy atom. The number of alkyl halides is 1. The summed E-state index contributed by atoms with van der Waals surface area (Å²) in [6.45, 7) is 4.26. The maximum absolute atomic E-state index is 14.5. The van der Waals surface area contributed by atoms with E-state index >= 15 is 0 Å². The van der Waals surface area contributed by atoms with E-state index in [0.29, 0.717) is 12.5 Å². The van der Waals surface area contributed by atoms with Gasteiger partial charge in [0.1, 0.15) is 6.17 Å². The SMILES string of the molecule is NC(N)C(C(=O)NC1CNCCC1N1CCCCCC1)C1CC2(CCCC2)CCC(F)CN1. The molecule has 5 atom stereocenters. The largest absolute Gasteiger partial charge is 0.350 e. The summed E-state index contributed by atoms with van der Waals surface area (Å²) in [5.74, 6) is -0.625. The fraction of sp³-hybridized carbons (Fsp3) is 0.960. The highest BCUT2D eigenvalue weighted by atomic mass is 19.1. The molecule has 7 N–H and O–H groups in total. The maximum Gasteiger partial charge on any atom is 0.227 e. The molecule has 8 heteroatoms. The van der Waals surface area contributed by atoms with Crippen LogP contribution in [0.3, 0.4) is 0 Å². The van der Waals surface area contributed by atoms with E-state index in [0.717, 1.165) is 58.3 Å². The summed E-state index contributed by atoms with van der Waals surface area (Å²) in [4.78, 5) is 16.3. The second kappa shape index (κ2) is 11.8. The van der Waals surface area contributed by atoms with Crippen LogP contribution in [0.4, 0.5) is 4.39 Å². The van der Waals surface area contributed by atoms with Crippen LogP contribution >= 0.6 is 0 Å². The lowest BCUT2D eigenvalue weighted by Gasteiger charge is -2.43. The van der Waals surface area contributed by atoms with Gasteiger partial charge in [0.2, 0.25) is 5.91 Å². The third kappa shape index (κ3) is 6.45. The van der Waals surface area contributed by atoms with Crippen molar-refractivity contribution in [1.29, 1.82) is 0 Å². The maximum atomic E-state index is 14.5. The predicted molar refractivity (Wildman–Crippen MR) is 130 cm³/mol. The standard InChI is InChI=1S/C25H47FN6O/c26-18-7-11-25(9-3-4-10-25)15-19(30-16-18)22(23(27)28)24(33)31-20-17-29-12-8-21(20)32-13-5-1-2-6-14-32/h18-23,29-30H,1-17,27-28H2,(H,31,33). The Labute approximate surface area is 199 Å². The minimum Gasteiger partial charge on any atom is -0.350 e. The van der Waals surface area contributed by atoms with Crippen LogP contribution in [0.25, 0.3) is 0 Å². The van der Waals surface area contributed by atoms with Crippen molar-refractivity contribution in [3.8, 4) is 0 Å². The molecule has 4 fully saturated rings. The topological polar surface area (TPSA) is 108 Å². The lowest BCUT2D eigenvalue weighted by molar-refractivity contribution is -0.128. The Kier molecular flexibility index (Phi) is 9.01. The van der Waals surface area contributed by atoms with Crippen LogP contribution in [0.15, 0.2) is 0 Å².